The molecular weight excluding hydrogens is 280 g/mol. The van der Waals surface area contributed by atoms with Crippen molar-refractivity contribution in [2.45, 2.75) is 52.7 Å². The highest BCUT2D eigenvalue weighted by atomic mass is 32.1. The molecule has 1 N–H and O–H groups in total. The van der Waals surface area contributed by atoms with Gasteiger partial charge in [-0.25, -0.2) is 0 Å². The summed E-state index contributed by atoms with van der Waals surface area (Å²) in [5.41, 5.74) is 1.50. The first-order valence-corrected chi connectivity index (χ1v) is 8.94. The van der Waals surface area contributed by atoms with Crippen molar-refractivity contribution in [3.05, 3.63) is 21.4 Å². The first-order chi connectivity index (χ1) is 10.1. The van der Waals surface area contributed by atoms with Gasteiger partial charge in [-0.15, -0.1) is 11.3 Å². The van der Waals surface area contributed by atoms with Crippen LogP contribution in [0.2, 0.25) is 0 Å². The Bertz CT molecular complexity index is 424. The second kappa shape index (κ2) is 8.28. The lowest BCUT2D eigenvalue weighted by molar-refractivity contribution is 0.0407. The molecule has 0 spiro atoms. The van der Waals surface area contributed by atoms with Crippen molar-refractivity contribution in [2.24, 2.45) is 5.92 Å². The van der Waals surface area contributed by atoms with E-state index in [2.05, 4.69) is 44.1 Å². The molecule has 0 radical (unpaired) electrons. The van der Waals surface area contributed by atoms with Crippen LogP contribution in [0.15, 0.2) is 6.07 Å². The molecule has 0 unspecified atom stereocenters. The lowest BCUT2D eigenvalue weighted by Crippen LogP contribution is -2.36. The summed E-state index contributed by atoms with van der Waals surface area (Å²) >= 11 is 1.94. The fourth-order valence-corrected chi connectivity index (χ4v) is 3.86. The van der Waals surface area contributed by atoms with E-state index in [0.717, 1.165) is 32.8 Å². The topological polar surface area (TPSA) is 24.5 Å². The van der Waals surface area contributed by atoms with Gasteiger partial charge in [0.2, 0.25) is 0 Å². The van der Waals surface area contributed by atoms with Gasteiger partial charge in [0.15, 0.2) is 0 Å². The lowest BCUT2D eigenvalue weighted by atomic mass is 10.1. The summed E-state index contributed by atoms with van der Waals surface area (Å²) in [6.45, 7) is 11.8. The smallest absolute Gasteiger partial charge is 0.0480 e. The van der Waals surface area contributed by atoms with E-state index < -0.39 is 0 Å². The Morgan fingerprint density at radius 2 is 2.10 bits per heavy atom. The molecule has 1 aliphatic rings. The molecule has 0 saturated carbocycles. The molecule has 1 aromatic rings. The Morgan fingerprint density at radius 1 is 1.38 bits per heavy atom. The minimum atomic E-state index is 0.681. The van der Waals surface area contributed by atoms with Crippen LogP contribution in [0.3, 0.4) is 0 Å². The van der Waals surface area contributed by atoms with Crippen molar-refractivity contribution in [1.82, 2.24) is 10.2 Å². The van der Waals surface area contributed by atoms with Gasteiger partial charge in [0.1, 0.15) is 0 Å². The molecule has 1 fully saturated rings. The minimum Gasteiger partial charge on any atom is -0.381 e. The fourth-order valence-electron chi connectivity index (χ4n) is 2.84. The molecular formula is C17H30N2OS. The second-order valence-corrected chi connectivity index (χ2v) is 7.92. The number of thiophene rings is 1. The van der Waals surface area contributed by atoms with E-state index in [9.17, 15) is 0 Å². The monoisotopic (exact) mass is 310 g/mol. The minimum absolute atomic E-state index is 0.681. The molecule has 0 aliphatic carbocycles. The Labute approximate surface area is 133 Å². The van der Waals surface area contributed by atoms with Crippen molar-refractivity contribution >= 4 is 11.3 Å². The van der Waals surface area contributed by atoms with E-state index in [1.54, 1.807) is 0 Å². The van der Waals surface area contributed by atoms with Gasteiger partial charge in [-0.05, 0) is 50.9 Å². The zero-order valence-corrected chi connectivity index (χ0v) is 14.8. The molecule has 2 rings (SSSR count). The molecule has 3 nitrogen and oxygen atoms in total. The van der Waals surface area contributed by atoms with Gasteiger partial charge in [0, 0.05) is 42.1 Å². The number of aryl methyl sites for hydroxylation is 1. The fraction of sp³-hybridized carbons (Fsp3) is 0.765. The maximum Gasteiger partial charge on any atom is 0.0480 e. The second-order valence-electron chi connectivity index (χ2n) is 6.58. The van der Waals surface area contributed by atoms with Crippen molar-refractivity contribution in [1.29, 1.82) is 0 Å². The Kier molecular flexibility index (Phi) is 6.68. The molecule has 0 atom stereocenters. The van der Waals surface area contributed by atoms with E-state index >= 15 is 0 Å². The highest BCUT2D eigenvalue weighted by Gasteiger charge is 2.19. The van der Waals surface area contributed by atoms with E-state index in [4.69, 9.17) is 4.74 Å². The van der Waals surface area contributed by atoms with Gasteiger partial charge >= 0.3 is 0 Å². The summed E-state index contributed by atoms with van der Waals surface area (Å²) in [5.74, 6) is 0.713. The lowest BCUT2D eigenvalue weighted by Gasteiger charge is -2.31. The largest absolute Gasteiger partial charge is 0.381 e. The summed E-state index contributed by atoms with van der Waals surface area (Å²) < 4.78 is 5.46. The van der Waals surface area contributed by atoms with Crippen LogP contribution in [0.25, 0.3) is 0 Å². The van der Waals surface area contributed by atoms with Crippen molar-refractivity contribution in [2.75, 3.05) is 26.8 Å². The third-order valence-corrected chi connectivity index (χ3v) is 5.25. The predicted molar refractivity (Wildman–Crippen MR) is 90.9 cm³/mol. The van der Waals surface area contributed by atoms with Crippen LogP contribution in [0.5, 0.6) is 0 Å². The molecule has 0 amide bonds. The van der Waals surface area contributed by atoms with Gasteiger partial charge in [-0.1, -0.05) is 13.8 Å². The zero-order chi connectivity index (χ0) is 15.2. The van der Waals surface area contributed by atoms with Crippen LogP contribution in [-0.2, 0) is 17.8 Å². The van der Waals surface area contributed by atoms with Crippen molar-refractivity contribution in [3.8, 4) is 0 Å². The molecule has 1 aromatic heterocycles. The number of rotatable bonds is 7. The molecule has 2 heterocycles. The molecule has 4 heteroatoms. The summed E-state index contributed by atoms with van der Waals surface area (Å²) in [6, 6.07) is 3.07. The first-order valence-electron chi connectivity index (χ1n) is 8.13. The molecule has 21 heavy (non-hydrogen) atoms. The molecule has 120 valence electrons. The van der Waals surface area contributed by atoms with Crippen LogP contribution < -0.4 is 5.32 Å². The average molecular weight is 311 g/mol. The Balaban J connectivity index is 1.86. The standard InChI is InChI=1S/C17H30N2OS/c1-13(2)10-18-11-17-9-15(14(3)21-17)12-19(4)16-5-7-20-8-6-16/h9,13,16,18H,5-8,10-12H2,1-4H3. The van der Waals surface area contributed by atoms with Crippen LogP contribution >= 0.6 is 11.3 Å². The third-order valence-electron chi connectivity index (χ3n) is 4.16. The van der Waals surface area contributed by atoms with E-state index in [-0.39, 0.29) is 0 Å². The van der Waals surface area contributed by atoms with Gasteiger partial charge < -0.3 is 10.1 Å². The maximum atomic E-state index is 5.46. The summed E-state index contributed by atoms with van der Waals surface area (Å²) in [4.78, 5) is 5.43. The SMILES string of the molecule is Cc1sc(CNCC(C)C)cc1CN(C)C1CCOCC1. The normalized spacial score (nSPS) is 17.0. The number of nitrogens with zero attached hydrogens (tertiary/aromatic N) is 1. The predicted octanol–water partition coefficient (Wildman–Crippen LogP) is 3.41. The van der Waals surface area contributed by atoms with E-state index in [0.29, 0.717) is 12.0 Å². The van der Waals surface area contributed by atoms with E-state index in [1.165, 1.54) is 28.2 Å². The number of ether oxygens (including phenoxy) is 1. The highest BCUT2D eigenvalue weighted by Crippen LogP contribution is 2.24. The molecule has 0 bridgehead atoms. The maximum absolute atomic E-state index is 5.46. The number of hydrogen-bond acceptors (Lipinski definition) is 4. The van der Waals surface area contributed by atoms with Gasteiger partial charge in [0.05, 0.1) is 0 Å². The Hall–Kier alpha value is -0.420. The first kappa shape index (κ1) is 16.9. The summed E-state index contributed by atoms with van der Waals surface area (Å²) in [5, 5.41) is 3.54. The summed E-state index contributed by atoms with van der Waals surface area (Å²) in [7, 11) is 2.25. The molecule has 0 aromatic carbocycles. The number of nitrogens with one attached hydrogen (secondary N) is 1. The van der Waals surface area contributed by atoms with Crippen LogP contribution in [0.4, 0.5) is 0 Å². The van der Waals surface area contributed by atoms with Gasteiger partial charge in [-0.3, -0.25) is 4.90 Å². The highest BCUT2D eigenvalue weighted by molar-refractivity contribution is 7.12. The number of hydrogen-bond donors (Lipinski definition) is 1. The van der Waals surface area contributed by atoms with Crippen molar-refractivity contribution < 1.29 is 4.74 Å². The van der Waals surface area contributed by atoms with E-state index in [1.807, 2.05) is 11.3 Å². The van der Waals surface area contributed by atoms with Crippen LogP contribution in [0.1, 0.15) is 42.0 Å². The van der Waals surface area contributed by atoms with Gasteiger partial charge in [-0.2, -0.15) is 0 Å². The molecule has 1 aliphatic heterocycles. The van der Waals surface area contributed by atoms with Gasteiger partial charge in [0.25, 0.3) is 0 Å². The van der Waals surface area contributed by atoms with Crippen molar-refractivity contribution in [3.63, 3.8) is 0 Å². The quantitative estimate of drug-likeness (QED) is 0.835. The zero-order valence-electron chi connectivity index (χ0n) is 13.9. The Morgan fingerprint density at radius 3 is 2.76 bits per heavy atom. The van der Waals surface area contributed by atoms with Crippen LogP contribution in [-0.4, -0.2) is 37.7 Å². The third kappa shape index (κ3) is 5.37. The molecule has 1 saturated heterocycles. The average Bonchev–Trinajstić information content (AvgIpc) is 2.79. The summed E-state index contributed by atoms with van der Waals surface area (Å²) in [6.07, 6.45) is 2.34. The van der Waals surface area contributed by atoms with Crippen LogP contribution in [0, 0.1) is 12.8 Å².